The molecule has 212 valence electrons. The number of nitrogens with one attached hydrogen (secondary N) is 2. The van der Waals surface area contributed by atoms with Crippen LogP contribution in [0.3, 0.4) is 0 Å². The third-order valence-corrected chi connectivity index (χ3v) is 8.96. The molecule has 10 heteroatoms. The van der Waals surface area contributed by atoms with Crippen molar-refractivity contribution in [2.75, 3.05) is 19.0 Å². The van der Waals surface area contributed by atoms with Crippen LogP contribution in [-0.2, 0) is 25.5 Å². The summed E-state index contributed by atoms with van der Waals surface area (Å²) in [5.41, 5.74) is -1.25. The van der Waals surface area contributed by atoms with E-state index < -0.39 is 29.1 Å². The maximum absolute atomic E-state index is 14.2. The van der Waals surface area contributed by atoms with E-state index in [-0.39, 0.29) is 29.6 Å². The Balaban J connectivity index is 1.31. The number of methoxy groups -OCH3 is 1. The molecule has 4 aliphatic rings. The minimum atomic E-state index is -1.23. The Morgan fingerprint density at radius 2 is 1.88 bits per heavy atom. The first kappa shape index (κ1) is 26.6. The highest BCUT2D eigenvalue weighted by atomic mass is 16.5. The van der Waals surface area contributed by atoms with Crippen LogP contribution in [0.4, 0.5) is 5.82 Å². The Bertz CT molecular complexity index is 1330. The number of rotatable bonds is 8. The number of anilines is 1. The molecule has 2 bridgehead atoms. The number of nitrogens with zero attached hydrogens (tertiary/aromatic N) is 2. The molecule has 2 saturated heterocycles. The summed E-state index contributed by atoms with van der Waals surface area (Å²) in [5, 5.41) is 9.90. The van der Waals surface area contributed by atoms with Crippen molar-refractivity contribution in [3.63, 3.8) is 0 Å². The molecule has 1 spiro atoms. The average molecular weight is 549 g/mol. The molecular weight excluding hydrogens is 512 g/mol. The lowest BCUT2D eigenvalue weighted by molar-refractivity contribution is -0.144. The number of aryl methyl sites for hydroxylation is 1. The number of amides is 3. The zero-order valence-electron chi connectivity index (χ0n) is 23.1. The van der Waals surface area contributed by atoms with Crippen LogP contribution < -0.4 is 15.4 Å². The lowest BCUT2D eigenvalue weighted by atomic mass is 9.70. The number of hydrogen-bond donors (Lipinski definition) is 2. The van der Waals surface area contributed by atoms with Gasteiger partial charge in [-0.15, -0.1) is 0 Å². The van der Waals surface area contributed by atoms with Crippen LogP contribution in [0.5, 0.6) is 5.75 Å². The van der Waals surface area contributed by atoms with E-state index in [2.05, 4.69) is 15.8 Å². The van der Waals surface area contributed by atoms with Gasteiger partial charge >= 0.3 is 0 Å². The fraction of sp³-hybridized carbons (Fsp3) is 0.533. The van der Waals surface area contributed by atoms with E-state index in [9.17, 15) is 14.4 Å². The Labute approximate surface area is 233 Å². The Hall–Kier alpha value is -3.66. The fourth-order valence-corrected chi connectivity index (χ4v) is 7.07. The second-order valence-corrected chi connectivity index (χ2v) is 11.6. The van der Waals surface area contributed by atoms with E-state index in [0.717, 1.165) is 37.0 Å². The molecule has 3 fully saturated rings. The van der Waals surface area contributed by atoms with Gasteiger partial charge in [-0.2, -0.15) is 0 Å². The molecule has 3 amide bonds. The summed E-state index contributed by atoms with van der Waals surface area (Å²) in [5.74, 6) is -0.945. The van der Waals surface area contributed by atoms with E-state index in [4.69, 9.17) is 14.0 Å². The zero-order valence-corrected chi connectivity index (χ0v) is 23.1. The normalized spacial score (nSPS) is 30.9. The minimum Gasteiger partial charge on any atom is -0.497 e. The number of carbonyl (C=O) groups is 3. The molecule has 10 nitrogen and oxygen atoms in total. The standard InChI is InChI=1S/C30H36N4O6/c1-18-17-22(33-39-18)32-26(35)23-24-28(37)34(16-13-19-9-11-21(38-3)12-10-19)25(30(24)15-14-29(23,2)40-30)27(36)31-20-7-5-4-6-8-20/h9-12,14-15,17,20,23-25H,4-8,13,16H2,1-3H3,(H,31,36)(H,32,33,35)/t23-,24+,25-,29-,30+/m1/s1. The Morgan fingerprint density at radius 1 is 1.12 bits per heavy atom. The number of aromatic nitrogens is 1. The van der Waals surface area contributed by atoms with Crippen molar-refractivity contribution in [2.24, 2.45) is 11.8 Å². The van der Waals surface area contributed by atoms with Gasteiger partial charge in [0.2, 0.25) is 17.7 Å². The van der Waals surface area contributed by atoms with Gasteiger partial charge in [-0.25, -0.2) is 0 Å². The van der Waals surface area contributed by atoms with Crippen molar-refractivity contribution in [3.05, 3.63) is 53.8 Å². The first-order valence-corrected chi connectivity index (χ1v) is 14.1. The largest absolute Gasteiger partial charge is 0.497 e. The third kappa shape index (κ3) is 4.38. The second-order valence-electron chi connectivity index (χ2n) is 11.6. The molecule has 1 aromatic heterocycles. The van der Waals surface area contributed by atoms with Gasteiger partial charge in [0.05, 0.1) is 24.5 Å². The molecule has 0 unspecified atom stereocenters. The molecule has 6 rings (SSSR count). The maximum atomic E-state index is 14.2. The molecule has 40 heavy (non-hydrogen) atoms. The summed E-state index contributed by atoms with van der Waals surface area (Å²) < 4.78 is 17.0. The number of hydrogen-bond acceptors (Lipinski definition) is 7. The van der Waals surface area contributed by atoms with E-state index in [1.807, 2.05) is 36.4 Å². The van der Waals surface area contributed by atoms with Crippen LogP contribution in [0.25, 0.3) is 0 Å². The molecule has 0 radical (unpaired) electrons. The van der Waals surface area contributed by atoms with Gasteiger partial charge in [-0.05, 0) is 50.8 Å². The summed E-state index contributed by atoms with van der Waals surface area (Å²) in [7, 11) is 1.62. The smallest absolute Gasteiger partial charge is 0.246 e. The maximum Gasteiger partial charge on any atom is 0.246 e. The summed E-state index contributed by atoms with van der Waals surface area (Å²) in [6, 6.07) is 8.48. The first-order valence-electron chi connectivity index (χ1n) is 14.1. The van der Waals surface area contributed by atoms with Crippen molar-refractivity contribution in [2.45, 2.75) is 75.7 Å². The van der Waals surface area contributed by atoms with Gasteiger partial charge < -0.3 is 29.5 Å². The molecule has 1 saturated carbocycles. The van der Waals surface area contributed by atoms with Gasteiger partial charge in [-0.1, -0.05) is 48.7 Å². The number of ether oxygens (including phenoxy) is 2. The second kappa shape index (κ2) is 10.1. The van der Waals surface area contributed by atoms with E-state index in [1.54, 1.807) is 31.9 Å². The van der Waals surface area contributed by atoms with Crippen molar-refractivity contribution >= 4 is 23.5 Å². The van der Waals surface area contributed by atoms with Crippen LogP contribution in [0.1, 0.15) is 50.4 Å². The molecule has 4 heterocycles. The topological polar surface area (TPSA) is 123 Å². The van der Waals surface area contributed by atoms with E-state index >= 15 is 0 Å². The number of fused-ring (bicyclic) bond motifs is 1. The number of likely N-dealkylation sites (tertiary alicyclic amines) is 1. The van der Waals surface area contributed by atoms with Crippen molar-refractivity contribution in [1.82, 2.24) is 15.4 Å². The fourth-order valence-electron chi connectivity index (χ4n) is 7.07. The molecule has 1 aromatic carbocycles. The van der Waals surface area contributed by atoms with Crippen LogP contribution in [0.2, 0.25) is 0 Å². The molecule has 2 aromatic rings. The first-order chi connectivity index (χ1) is 19.2. The van der Waals surface area contributed by atoms with Gasteiger partial charge in [0.1, 0.15) is 23.2 Å². The molecule has 1 aliphatic carbocycles. The summed E-state index contributed by atoms with van der Waals surface area (Å²) >= 11 is 0. The van der Waals surface area contributed by atoms with E-state index in [0.29, 0.717) is 18.7 Å². The van der Waals surface area contributed by atoms with Crippen LogP contribution >= 0.6 is 0 Å². The number of carbonyl (C=O) groups excluding carboxylic acids is 3. The SMILES string of the molecule is COc1ccc(CCN2C(=O)[C@@H]3[C@H](C(=O)Nc4cc(C)on4)[C@@]4(C)C=C[C@@]3(O4)[C@H]2C(=O)NC2CCCCC2)cc1. The quantitative estimate of drug-likeness (QED) is 0.486. The van der Waals surface area contributed by atoms with Crippen LogP contribution in [0, 0.1) is 18.8 Å². The Morgan fingerprint density at radius 3 is 2.55 bits per heavy atom. The zero-order chi connectivity index (χ0) is 28.1. The number of benzene rings is 1. The minimum absolute atomic E-state index is 0.0721. The van der Waals surface area contributed by atoms with Gasteiger partial charge in [0.25, 0.3) is 0 Å². The predicted octanol–water partition coefficient (Wildman–Crippen LogP) is 3.16. The van der Waals surface area contributed by atoms with Crippen molar-refractivity contribution < 1.29 is 28.4 Å². The van der Waals surface area contributed by atoms with Gasteiger partial charge in [-0.3, -0.25) is 14.4 Å². The molecule has 2 N–H and O–H groups in total. The monoisotopic (exact) mass is 548 g/mol. The highest BCUT2D eigenvalue weighted by molar-refractivity contribution is 6.03. The van der Waals surface area contributed by atoms with E-state index in [1.165, 1.54) is 6.42 Å². The van der Waals surface area contributed by atoms with Crippen molar-refractivity contribution in [3.8, 4) is 5.75 Å². The van der Waals surface area contributed by atoms with Crippen molar-refractivity contribution in [1.29, 1.82) is 0 Å². The lowest BCUT2D eigenvalue weighted by Gasteiger charge is -2.34. The molecule has 5 atom stereocenters. The Kier molecular flexibility index (Phi) is 6.68. The van der Waals surface area contributed by atoms with Gasteiger partial charge in [0.15, 0.2) is 5.82 Å². The summed E-state index contributed by atoms with van der Waals surface area (Å²) in [6.45, 7) is 3.86. The summed E-state index contributed by atoms with van der Waals surface area (Å²) in [4.78, 5) is 43.5. The van der Waals surface area contributed by atoms with Crippen LogP contribution in [0.15, 0.2) is 47.0 Å². The third-order valence-electron chi connectivity index (χ3n) is 8.96. The average Bonchev–Trinajstić information content (AvgIpc) is 3.65. The van der Waals surface area contributed by atoms with Gasteiger partial charge in [0, 0.05) is 18.7 Å². The summed E-state index contributed by atoms with van der Waals surface area (Å²) in [6.07, 6.45) is 9.38. The molecular formula is C30H36N4O6. The lowest BCUT2D eigenvalue weighted by Crippen LogP contribution is -2.57. The van der Waals surface area contributed by atoms with Crippen LogP contribution in [-0.4, -0.2) is 64.7 Å². The highest BCUT2D eigenvalue weighted by Gasteiger charge is 2.76. The highest BCUT2D eigenvalue weighted by Crippen LogP contribution is 2.59. The predicted molar refractivity (Wildman–Crippen MR) is 145 cm³/mol. The molecule has 3 aliphatic heterocycles.